The van der Waals surface area contributed by atoms with Gasteiger partial charge in [-0.3, -0.25) is 0 Å². The first-order chi connectivity index (χ1) is 7.31. The van der Waals surface area contributed by atoms with Crippen LogP contribution in [0.1, 0.15) is 5.56 Å². The van der Waals surface area contributed by atoms with E-state index in [9.17, 15) is 0 Å². The first-order valence-electron chi connectivity index (χ1n) is 4.54. The van der Waals surface area contributed by atoms with Gasteiger partial charge in [0, 0.05) is 4.90 Å². The second-order valence-electron chi connectivity index (χ2n) is 3.10. The van der Waals surface area contributed by atoms with Crippen LogP contribution in [0.2, 0.25) is 0 Å². The van der Waals surface area contributed by atoms with Crippen molar-refractivity contribution in [3.63, 3.8) is 0 Å². The van der Waals surface area contributed by atoms with E-state index in [0.29, 0.717) is 0 Å². The van der Waals surface area contributed by atoms with Crippen LogP contribution in [0.15, 0.2) is 46.3 Å². The van der Waals surface area contributed by atoms with Crippen LogP contribution in [0, 0.1) is 24.6 Å². The highest BCUT2D eigenvalue weighted by molar-refractivity contribution is 7.99. The fraction of sp³-hybridized carbons (Fsp3) is 0.0833. The van der Waals surface area contributed by atoms with E-state index in [1.807, 2.05) is 18.2 Å². The quantitative estimate of drug-likeness (QED) is 0.767. The van der Waals surface area contributed by atoms with Gasteiger partial charge in [0.1, 0.15) is 0 Å². The van der Waals surface area contributed by atoms with Crippen LogP contribution < -0.4 is 0 Å². The molecule has 2 rings (SSSR count). The van der Waals surface area contributed by atoms with Crippen LogP contribution in [0.5, 0.6) is 0 Å². The molecule has 1 aromatic carbocycles. The zero-order valence-corrected chi connectivity index (χ0v) is 9.08. The zero-order chi connectivity index (χ0) is 10.7. The van der Waals surface area contributed by atoms with Crippen molar-refractivity contribution in [2.24, 2.45) is 0 Å². The van der Waals surface area contributed by atoms with Gasteiger partial charge in [-0.1, -0.05) is 30.0 Å². The van der Waals surface area contributed by atoms with Gasteiger partial charge in [-0.25, -0.2) is 4.57 Å². The lowest BCUT2D eigenvalue weighted by Crippen LogP contribution is -1.88. The van der Waals surface area contributed by atoms with Gasteiger partial charge >= 0.3 is 0 Å². The molecule has 1 aromatic heterocycles. The largest absolute Gasteiger partial charge is 0.239 e. The molecule has 0 aliphatic heterocycles. The summed E-state index contributed by atoms with van der Waals surface area (Å²) in [5.41, 5.74) is 1.22. The number of hydrogen-bond donors (Lipinski definition) is 0. The molecule has 0 aliphatic rings. The van der Waals surface area contributed by atoms with Gasteiger partial charge in [-0.05, 0) is 30.7 Å². The first-order valence-corrected chi connectivity index (χ1v) is 5.36. The molecule has 73 valence electrons. The normalized spacial score (nSPS) is 9.87. The Hall–Kier alpha value is -1.66. The van der Waals surface area contributed by atoms with E-state index in [4.69, 9.17) is 5.26 Å². The second kappa shape index (κ2) is 4.24. The lowest BCUT2D eigenvalue weighted by atomic mass is 10.2. The van der Waals surface area contributed by atoms with Gasteiger partial charge < -0.3 is 0 Å². The van der Waals surface area contributed by atoms with Crippen molar-refractivity contribution in [1.29, 1.82) is 5.26 Å². The number of rotatable bonds is 2. The van der Waals surface area contributed by atoms with Crippen LogP contribution in [0.25, 0.3) is 0 Å². The molecule has 2 nitrogen and oxygen atoms in total. The molecule has 0 saturated heterocycles. The summed E-state index contributed by atoms with van der Waals surface area (Å²) in [6, 6.07) is 11.8. The van der Waals surface area contributed by atoms with Crippen molar-refractivity contribution >= 4 is 11.8 Å². The summed E-state index contributed by atoms with van der Waals surface area (Å²) in [6.07, 6.45) is 4.89. The Morgan fingerprint density at radius 2 is 2.13 bits per heavy atom. The van der Waals surface area contributed by atoms with Gasteiger partial charge in [0.25, 0.3) is 0 Å². The van der Waals surface area contributed by atoms with Crippen LogP contribution in [0.4, 0.5) is 0 Å². The molecule has 0 amide bonds. The van der Waals surface area contributed by atoms with E-state index >= 15 is 0 Å². The summed E-state index contributed by atoms with van der Waals surface area (Å²) in [5.74, 6) is 0. The van der Waals surface area contributed by atoms with Gasteiger partial charge in [0.05, 0.1) is 11.2 Å². The molecule has 3 heteroatoms. The Kier molecular flexibility index (Phi) is 2.79. The Bertz CT molecular complexity index is 508. The highest BCUT2D eigenvalue weighted by Gasteiger charge is 2.04. The van der Waals surface area contributed by atoms with Crippen LogP contribution in [-0.4, -0.2) is 4.57 Å². The summed E-state index contributed by atoms with van der Waals surface area (Å²) in [7, 11) is 0. The second-order valence-corrected chi connectivity index (χ2v) is 4.17. The SMILES string of the molecule is Cc1ccccc1Sc1cc[c]n1C#N. The summed E-state index contributed by atoms with van der Waals surface area (Å²) >= 11 is 1.58. The molecular weight excluding hydrogens is 204 g/mol. The maximum absolute atomic E-state index is 8.82. The average molecular weight is 213 g/mol. The molecule has 0 spiro atoms. The Morgan fingerprint density at radius 1 is 1.33 bits per heavy atom. The molecule has 1 heterocycles. The van der Waals surface area contributed by atoms with E-state index < -0.39 is 0 Å². The Morgan fingerprint density at radius 3 is 2.87 bits per heavy atom. The molecule has 0 atom stereocenters. The van der Waals surface area contributed by atoms with Crippen molar-refractivity contribution in [3.05, 3.63) is 48.2 Å². The standard InChI is InChI=1S/C12H9N2S/c1-10-5-2-3-6-11(10)15-12-7-4-8-14(12)9-13/h2-7H,1H3. The lowest BCUT2D eigenvalue weighted by molar-refractivity contribution is 0.966. The third kappa shape index (κ3) is 2.05. The maximum atomic E-state index is 8.82. The van der Waals surface area contributed by atoms with Crippen molar-refractivity contribution < 1.29 is 0 Å². The fourth-order valence-corrected chi connectivity index (χ4v) is 2.18. The topological polar surface area (TPSA) is 28.7 Å². The summed E-state index contributed by atoms with van der Waals surface area (Å²) in [4.78, 5) is 1.17. The molecule has 1 radical (unpaired) electrons. The molecule has 2 aromatic rings. The molecule has 15 heavy (non-hydrogen) atoms. The highest BCUT2D eigenvalue weighted by atomic mass is 32.2. The average Bonchev–Trinajstić information content (AvgIpc) is 2.69. The number of benzene rings is 1. The maximum Gasteiger partial charge on any atom is 0.189 e. The summed E-state index contributed by atoms with van der Waals surface area (Å²) in [5, 5.41) is 9.72. The minimum Gasteiger partial charge on any atom is -0.239 e. The minimum atomic E-state index is 0.895. The van der Waals surface area contributed by atoms with Gasteiger partial charge in [0.2, 0.25) is 0 Å². The number of hydrogen-bond acceptors (Lipinski definition) is 2. The lowest BCUT2D eigenvalue weighted by Gasteiger charge is -2.03. The number of aromatic nitrogens is 1. The zero-order valence-electron chi connectivity index (χ0n) is 8.27. The number of nitriles is 1. The molecule has 0 saturated carbocycles. The Labute approximate surface area is 93.2 Å². The van der Waals surface area contributed by atoms with Gasteiger partial charge in [0.15, 0.2) is 6.19 Å². The smallest absolute Gasteiger partial charge is 0.189 e. The van der Waals surface area contributed by atoms with Crippen molar-refractivity contribution in [3.8, 4) is 6.19 Å². The molecule has 0 bridgehead atoms. The predicted octanol–water partition coefficient (Wildman–Crippen LogP) is 3.08. The number of nitrogens with zero attached hydrogens (tertiary/aromatic N) is 2. The third-order valence-electron chi connectivity index (χ3n) is 2.06. The fourth-order valence-electron chi connectivity index (χ4n) is 1.26. The number of aryl methyl sites for hydroxylation is 1. The van der Waals surface area contributed by atoms with E-state index in [2.05, 4.69) is 31.4 Å². The summed E-state index contributed by atoms with van der Waals surface area (Å²) < 4.78 is 1.44. The van der Waals surface area contributed by atoms with Gasteiger partial charge in [-0.2, -0.15) is 5.26 Å². The van der Waals surface area contributed by atoms with E-state index in [-0.39, 0.29) is 0 Å². The molecule has 0 unspecified atom stereocenters. The van der Waals surface area contributed by atoms with E-state index in [1.165, 1.54) is 15.0 Å². The van der Waals surface area contributed by atoms with E-state index in [0.717, 1.165) is 5.03 Å². The van der Waals surface area contributed by atoms with Gasteiger partial charge in [-0.15, -0.1) is 0 Å². The molecule has 0 N–H and O–H groups in total. The third-order valence-corrected chi connectivity index (χ3v) is 3.26. The monoisotopic (exact) mass is 213 g/mol. The van der Waals surface area contributed by atoms with Crippen LogP contribution in [0.3, 0.4) is 0 Å². The molecular formula is C12H9N2S. The van der Waals surface area contributed by atoms with Crippen LogP contribution >= 0.6 is 11.8 Å². The molecule has 0 aliphatic carbocycles. The highest BCUT2D eigenvalue weighted by Crippen LogP contribution is 2.29. The van der Waals surface area contributed by atoms with E-state index in [1.54, 1.807) is 17.8 Å². The summed E-state index contributed by atoms with van der Waals surface area (Å²) in [6.45, 7) is 2.06. The van der Waals surface area contributed by atoms with Crippen molar-refractivity contribution in [2.45, 2.75) is 16.8 Å². The predicted molar refractivity (Wildman–Crippen MR) is 59.6 cm³/mol. The first kappa shape index (κ1) is 9.88. The van der Waals surface area contributed by atoms with Crippen LogP contribution in [-0.2, 0) is 0 Å². The molecule has 0 fully saturated rings. The Balaban J connectivity index is 2.31. The van der Waals surface area contributed by atoms with Crippen molar-refractivity contribution in [2.75, 3.05) is 0 Å². The van der Waals surface area contributed by atoms with Crippen molar-refractivity contribution in [1.82, 2.24) is 4.57 Å². The minimum absolute atomic E-state index is 0.895.